The van der Waals surface area contributed by atoms with Crippen molar-refractivity contribution in [3.63, 3.8) is 0 Å². The molecule has 110 valence electrons. The molecule has 7 nitrogen and oxygen atoms in total. The Morgan fingerprint density at radius 2 is 2.05 bits per heavy atom. The van der Waals surface area contributed by atoms with Gasteiger partial charge in [-0.2, -0.15) is 0 Å². The molecule has 2 aromatic heterocycles. The van der Waals surface area contributed by atoms with Crippen LogP contribution in [0.2, 0.25) is 0 Å². The normalized spacial score (nSPS) is 10.1. The van der Waals surface area contributed by atoms with Crippen LogP contribution in [0.4, 0.5) is 5.95 Å². The standard InChI is InChI=1S/C14H17N5O2/c1-21-7-6-16-13(20)11-8-17-14(18-9-11)19-10-12-4-2-3-5-15-12/h2-5,8-9H,6-7,10H2,1H3,(H,16,20)(H,17,18,19). The molecule has 21 heavy (non-hydrogen) atoms. The van der Waals surface area contributed by atoms with Gasteiger partial charge in [0, 0.05) is 32.2 Å². The zero-order valence-electron chi connectivity index (χ0n) is 11.7. The van der Waals surface area contributed by atoms with E-state index >= 15 is 0 Å². The molecule has 2 rings (SSSR count). The fourth-order valence-electron chi connectivity index (χ4n) is 1.58. The van der Waals surface area contributed by atoms with Crippen LogP contribution in [0.1, 0.15) is 16.1 Å². The lowest BCUT2D eigenvalue weighted by molar-refractivity contribution is 0.0936. The third-order valence-electron chi connectivity index (χ3n) is 2.66. The predicted molar refractivity (Wildman–Crippen MR) is 77.8 cm³/mol. The molecule has 0 saturated heterocycles. The highest BCUT2D eigenvalue weighted by Gasteiger charge is 2.06. The van der Waals surface area contributed by atoms with Crippen molar-refractivity contribution in [3.05, 3.63) is 48.0 Å². The van der Waals surface area contributed by atoms with Gasteiger partial charge in [-0.25, -0.2) is 9.97 Å². The molecular weight excluding hydrogens is 270 g/mol. The third-order valence-corrected chi connectivity index (χ3v) is 2.66. The van der Waals surface area contributed by atoms with Crippen LogP contribution in [0, 0.1) is 0 Å². The second kappa shape index (κ2) is 7.91. The molecule has 2 heterocycles. The summed E-state index contributed by atoms with van der Waals surface area (Å²) in [7, 11) is 1.58. The van der Waals surface area contributed by atoms with Crippen molar-refractivity contribution in [2.24, 2.45) is 0 Å². The predicted octanol–water partition coefficient (Wildman–Crippen LogP) is 0.860. The molecular formula is C14H17N5O2. The SMILES string of the molecule is COCCNC(=O)c1cnc(NCc2ccccn2)nc1. The van der Waals surface area contributed by atoms with Crippen molar-refractivity contribution in [2.75, 3.05) is 25.6 Å². The van der Waals surface area contributed by atoms with Crippen LogP contribution >= 0.6 is 0 Å². The molecule has 7 heteroatoms. The molecule has 0 atom stereocenters. The topological polar surface area (TPSA) is 89.0 Å². The van der Waals surface area contributed by atoms with Crippen LogP contribution in [0.25, 0.3) is 0 Å². The van der Waals surface area contributed by atoms with E-state index in [9.17, 15) is 4.79 Å². The summed E-state index contributed by atoms with van der Waals surface area (Å²) in [5.41, 5.74) is 1.30. The molecule has 0 bridgehead atoms. The number of ether oxygens (including phenoxy) is 1. The Labute approximate surface area is 122 Å². The van der Waals surface area contributed by atoms with Crippen molar-refractivity contribution < 1.29 is 9.53 Å². The van der Waals surface area contributed by atoms with E-state index in [-0.39, 0.29) is 5.91 Å². The summed E-state index contributed by atoms with van der Waals surface area (Å²) in [5.74, 6) is 0.234. The second-order valence-electron chi connectivity index (χ2n) is 4.22. The van der Waals surface area contributed by atoms with Crippen molar-refractivity contribution in [1.82, 2.24) is 20.3 Å². The summed E-state index contributed by atoms with van der Waals surface area (Å²) < 4.78 is 4.86. The Kier molecular flexibility index (Phi) is 5.60. The number of methoxy groups -OCH3 is 1. The van der Waals surface area contributed by atoms with Gasteiger partial charge < -0.3 is 15.4 Å². The van der Waals surface area contributed by atoms with Crippen LogP contribution in [0.3, 0.4) is 0 Å². The number of nitrogens with one attached hydrogen (secondary N) is 2. The number of rotatable bonds is 7. The van der Waals surface area contributed by atoms with E-state index in [1.54, 1.807) is 13.3 Å². The van der Waals surface area contributed by atoms with E-state index in [1.165, 1.54) is 12.4 Å². The van der Waals surface area contributed by atoms with Crippen molar-refractivity contribution in [2.45, 2.75) is 6.54 Å². The zero-order chi connectivity index (χ0) is 14.9. The van der Waals surface area contributed by atoms with Crippen molar-refractivity contribution in [1.29, 1.82) is 0 Å². The molecule has 0 aromatic carbocycles. The van der Waals surface area contributed by atoms with E-state index in [0.29, 0.717) is 31.2 Å². The summed E-state index contributed by atoms with van der Waals surface area (Å²) in [5, 5.41) is 5.75. The minimum absolute atomic E-state index is 0.219. The monoisotopic (exact) mass is 287 g/mol. The molecule has 2 N–H and O–H groups in total. The van der Waals surface area contributed by atoms with Crippen molar-refractivity contribution >= 4 is 11.9 Å². The molecule has 2 aromatic rings. The average molecular weight is 287 g/mol. The number of anilines is 1. The third kappa shape index (κ3) is 4.81. The van der Waals surface area contributed by atoms with Crippen LogP contribution in [0.5, 0.6) is 0 Å². The van der Waals surface area contributed by atoms with Crippen LogP contribution in [0.15, 0.2) is 36.8 Å². The molecule has 0 aliphatic carbocycles. The van der Waals surface area contributed by atoms with Gasteiger partial charge in [0.2, 0.25) is 5.95 Å². The van der Waals surface area contributed by atoms with E-state index < -0.39 is 0 Å². The maximum absolute atomic E-state index is 11.7. The van der Waals surface area contributed by atoms with Gasteiger partial charge in [-0.05, 0) is 12.1 Å². The Morgan fingerprint density at radius 1 is 1.24 bits per heavy atom. The first-order valence-electron chi connectivity index (χ1n) is 6.52. The highest BCUT2D eigenvalue weighted by atomic mass is 16.5. The summed E-state index contributed by atoms with van der Waals surface area (Å²) >= 11 is 0. The number of aromatic nitrogens is 3. The first-order valence-corrected chi connectivity index (χ1v) is 6.52. The molecule has 0 unspecified atom stereocenters. The number of carbonyl (C=O) groups excluding carboxylic acids is 1. The number of carbonyl (C=O) groups is 1. The molecule has 0 radical (unpaired) electrons. The molecule has 0 spiro atoms. The number of amides is 1. The Bertz CT molecular complexity index is 559. The van der Waals surface area contributed by atoms with E-state index in [4.69, 9.17) is 4.74 Å². The van der Waals surface area contributed by atoms with Crippen LogP contribution < -0.4 is 10.6 Å². The highest BCUT2D eigenvalue weighted by Crippen LogP contribution is 2.02. The molecule has 0 saturated carbocycles. The van der Waals surface area contributed by atoms with Crippen LogP contribution in [-0.4, -0.2) is 41.1 Å². The zero-order valence-corrected chi connectivity index (χ0v) is 11.7. The molecule has 0 aliphatic heterocycles. The van der Waals surface area contributed by atoms with Crippen molar-refractivity contribution in [3.8, 4) is 0 Å². The number of nitrogens with zero attached hydrogens (tertiary/aromatic N) is 3. The van der Waals surface area contributed by atoms with E-state index in [2.05, 4.69) is 25.6 Å². The first kappa shape index (κ1) is 14.9. The number of pyridine rings is 1. The van der Waals surface area contributed by atoms with Gasteiger partial charge in [-0.3, -0.25) is 9.78 Å². The van der Waals surface area contributed by atoms with E-state index in [1.807, 2.05) is 18.2 Å². The fourth-order valence-corrected chi connectivity index (χ4v) is 1.58. The lowest BCUT2D eigenvalue weighted by Gasteiger charge is -2.06. The van der Waals surface area contributed by atoms with Gasteiger partial charge in [0.15, 0.2) is 0 Å². The van der Waals surface area contributed by atoms with Gasteiger partial charge >= 0.3 is 0 Å². The quantitative estimate of drug-likeness (QED) is 0.734. The molecule has 0 aliphatic rings. The minimum atomic E-state index is -0.219. The smallest absolute Gasteiger partial charge is 0.254 e. The molecule has 1 amide bonds. The fraction of sp³-hybridized carbons (Fsp3) is 0.286. The number of hydrogen-bond acceptors (Lipinski definition) is 6. The molecule has 0 fully saturated rings. The Hall–Kier alpha value is -2.54. The maximum atomic E-state index is 11.7. The van der Waals surface area contributed by atoms with E-state index in [0.717, 1.165) is 5.69 Å². The summed E-state index contributed by atoms with van der Waals surface area (Å²) in [6, 6.07) is 5.68. The highest BCUT2D eigenvalue weighted by molar-refractivity contribution is 5.93. The average Bonchev–Trinajstić information content (AvgIpc) is 2.54. The Morgan fingerprint density at radius 3 is 2.71 bits per heavy atom. The maximum Gasteiger partial charge on any atom is 0.254 e. The largest absolute Gasteiger partial charge is 0.383 e. The number of hydrogen-bond donors (Lipinski definition) is 2. The Balaban J connectivity index is 1.85. The second-order valence-corrected chi connectivity index (χ2v) is 4.22. The summed E-state index contributed by atoms with van der Waals surface area (Å²) in [6.45, 7) is 1.45. The van der Waals surface area contributed by atoms with Gasteiger partial charge in [-0.1, -0.05) is 6.07 Å². The summed E-state index contributed by atoms with van der Waals surface area (Å²) in [4.78, 5) is 24.1. The summed E-state index contributed by atoms with van der Waals surface area (Å²) in [6.07, 6.45) is 4.69. The first-order chi connectivity index (χ1) is 10.3. The van der Waals surface area contributed by atoms with Gasteiger partial charge in [0.05, 0.1) is 24.4 Å². The lowest BCUT2D eigenvalue weighted by Crippen LogP contribution is -2.27. The van der Waals surface area contributed by atoms with Gasteiger partial charge in [0.1, 0.15) is 0 Å². The van der Waals surface area contributed by atoms with Gasteiger partial charge in [0.25, 0.3) is 5.91 Å². The van der Waals surface area contributed by atoms with Gasteiger partial charge in [-0.15, -0.1) is 0 Å². The lowest BCUT2D eigenvalue weighted by atomic mass is 10.3. The minimum Gasteiger partial charge on any atom is -0.383 e. The van der Waals surface area contributed by atoms with Crippen LogP contribution in [-0.2, 0) is 11.3 Å².